The fraction of sp³-hybridized carbons (Fsp3) is 0.333. The molecule has 0 spiro atoms. The van der Waals surface area contributed by atoms with Crippen LogP contribution in [0.5, 0.6) is 0 Å². The van der Waals surface area contributed by atoms with Crippen molar-refractivity contribution in [1.29, 1.82) is 0 Å². The van der Waals surface area contributed by atoms with Crippen LogP contribution in [-0.4, -0.2) is 33.1 Å². The Labute approximate surface area is 130 Å². The SMILES string of the molecule is CCn1ccnc1[C@H]1Nc2ccccc2C(=O)N1CC(F)(F)F. The molecule has 0 bridgehead atoms. The molecule has 0 aliphatic carbocycles. The Morgan fingerprint density at radius 3 is 2.74 bits per heavy atom. The lowest BCUT2D eigenvalue weighted by Crippen LogP contribution is -2.48. The molecule has 1 aliphatic heterocycles. The van der Waals surface area contributed by atoms with Crippen LogP contribution in [0.3, 0.4) is 0 Å². The predicted molar refractivity (Wildman–Crippen MR) is 77.8 cm³/mol. The van der Waals surface area contributed by atoms with Gasteiger partial charge in [-0.1, -0.05) is 12.1 Å². The van der Waals surface area contributed by atoms with Gasteiger partial charge in [-0.25, -0.2) is 4.98 Å². The van der Waals surface area contributed by atoms with Gasteiger partial charge in [-0.2, -0.15) is 13.2 Å². The van der Waals surface area contributed by atoms with Gasteiger partial charge in [-0.15, -0.1) is 0 Å². The summed E-state index contributed by atoms with van der Waals surface area (Å²) >= 11 is 0. The van der Waals surface area contributed by atoms with Gasteiger partial charge in [0.25, 0.3) is 5.91 Å². The van der Waals surface area contributed by atoms with Gasteiger partial charge in [0.1, 0.15) is 6.54 Å². The van der Waals surface area contributed by atoms with Crippen LogP contribution in [0.2, 0.25) is 0 Å². The summed E-state index contributed by atoms with van der Waals surface area (Å²) in [4.78, 5) is 17.5. The molecule has 122 valence electrons. The Bertz CT molecular complexity index is 726. The van der Waals surface area contributed by atoms with Crippen LogP contribution in [-0.2, 0) is 6.54 Å². The van der Waals surface area contributed by atoms with E-state index in [4.69, 9.17) is 0 Å². The first kappa shape index (κ1) is 15.4. The lowest BCUT2D eigenvalue weighted by atomic mass is 10.1. The van der Waals surface area contributed by atoms with E-state index >= 15 is 0 Å². The summed E-state index contributed by atoms with van der Waals surface area (Å²) in [6.45, 7) is 1.06. The summed E-state index contributed by atoms with van der Waals surface area (Å²) < 4.78 is 40.5. The normalized spacial score (nSPS) is 17.8. The summed E-state index contributed by atoms with van der Waals surface area (Å²) in [6, 6.07) is 6.53. The van der Waals surface area contributed by atoms with Crippen LogP contribution in [0.25, 0.3) is 0 Å². The average molecular weight is 324 g/mol. The van der Waals surface area contributed by atoms with Gasteiger partial charge < -0.3 is 14.8 Å². The molecular formula is C15H15F3N4O. The fourth-order valence-electron chi connectivity index (χ4n) is 2.69. The third-order valence-corrected chi connectivity index (χ3v) is 3.70. The number of anilines is 1. The fourth-order valence-corrected chi connectivity index (χ4v) is 2.69. The predicted octanol–water partition coefficient (Wildman–Crippen LogP) is 3.03. The average Bonchev–Trinajstić information content (AvgIpc) is 2.97. The highest BCUT2D eigenvalue weighted by molar-refractivity contribution is 6.01. The summed E-state index contributed by atoms with van der Waals surface area (Å²) in [7, 11) is 0. The van der Waals surface area contributed by atoms with Crippen molar-refractivity contribution in [1.82, 2.24) is 14.5 Å². The molecule has 3 rings (SSSR count). The molecule has 1 aromatic heterocycles. The first-order valence-corrected chi connectivity index (χ1v) is 7.15. The number of para-hydroxylation sites is 1. The van der Waals surface area contributed by atoms with Crippen molar-refractivity contribution in [2.24, 2.45) is 0 Å². The topological polar surface area (TPSA) is 50.2 Å². The van der Waals surface area contributed by atoms with Gasteiger partial charge in [-0.05, 0) is 19.1 Å². The number of rotatable bonds is 3. The first-order chi connectivity index (χ1) is 10.9. The Hall–Kier alpha value is -2.51. The van der Waals surface area contributed by atoms with Crippen molar-refractivity contribution in [2.75, 3.05) is 11.9 Å². The summed E-state index contributed by atoms with van der Waals surface area (Å²) in [5, 5.41) is 3.00. The molecule has 0 saturated heterocycles. The van der Waals surface area contributed by atoms with Crippen molar-refractivity contribution in [3.63, 3.8) is 0 Å². The monoisotopic (exact) mass is 324 g/mol. The van der Waals surface area contributed by atoms with Crippen LogP contribution in [0.4, 0.5) is 18.9 Å². The van der Waals surface area contributed by atoms with Crippen LogP contribution < -0.4 is 5.32 Å². The minimum atomic E-state index is -4.49. The zero-order valence-electron chi connectivity index (χ0n) is 12.3. The first-order valence-electron chi connectivity index (χ1n) is 7.15. The van der Waals surface area contributed by atoms with E-state index in [1.54, 1.807) is 29.0 Å². The number of aromatic nitrogens is 2. The number of alkyl halides is 3. The van der Waals surface area contributed by atoms with Crippen LogP contribution >= 0.6 is 0 Å². The number of halogens is 3. The van der Waals surface area contributed by atoms with Crippen molar-refractivity contribution in [2.45, 2.75) is 25.8 Å². The molecule has 0 saturated carbocycles. The summed E-state index contributed by atoms with van der Waals surface area (Å²) in [6.07, 6.45) is -2.27. The number of hydrogen-bond donors (Lipinski definition) is 1. The van der Waals surface area contributed by atoms with E-state index in [0.29, 0.717) is 18.1 Å². The Kier molecular flexibility index (Phi) is 3.75. The van der Waals surface area contributed by atoms with Crippen LogP contribution in [0, 0.1) is 0 Å². The van der Waals surface area contributed by atoms with E-state index in [0.717, 1.165) is 4.90 Å². The van der Waals surface area contributed by atoms with Gasteiger partial charge in [0.2, 0.25) is 0 Å². The highest BCUT2D eigenvalue weighted by Crippen LogP contribution is 2.34. The maximum atomic E-state index is 12.9. The number of fused-ring (bicyclic) bond motifs is 1. The molecule has 2 heterocycles. The maximum Gasteiger partial charge on any atom is 0.406 e. The van der Waals surface area contributed by atoms with E-state index in [9.17, 15) is 18.0 Å². The van der Waals surface area contributed by atoms with Gasteiger partial charge in [0.05, 0.1) is 5.56 Å². The molecule has 0 fully saturated rings. The second kappa shape index (κ2) is 5.60. The second-order valence-electron chi connectivity index (χ2n) is 5.21. The van der Waals surface area contributed by atoms with Crippen molar-refractivity contribution in [3.8, 4) is 0 Å². The number of amides is 1. The Morgan fingerprint density at radius 2 is 2.04 bits per heavy atom. The number of carbonyl (C=O) groups is 1. The molecule has 1 aromatic carbocycles. The van der Waals surface area contributed by atoms with Gasteiger partial charge in [0, 0.05) is 24.6 Å². The maximum absolute atomic E-state index is 12.9. The molecule has 1 N–H and O–H groups in total. The molecule has 1 atom stereocenters. The van der Waals surface area contributed by atoms with Crippen LogP contribution in [0.1, 0.15) is 29.3 Å². The molecule has 2 aromatic rings. The van der Waals surface area contributed by atoms with E-state index in [-0.39, 0.29) is 5.56 Å². The summed E-state index contributed by atoms with van der Waals surface area (Å²) in [5.41, 5.74) is 0.731. The van der Waals surface area contributed by atoms with Gasteiger partial charge in [0.15, 0.2) is 12.0 Å². The lowest BCUT2D eigenvalue weighted by Gasteiger charge is -2.37. The number of aryl methyl sites for hydroxylation is 1. The third kappa shape index (κ3) is 2.88. The van der Waals surface area contributed by atoms with Crippen molar-refractivity contribution >= 4 is 11.6 Å². The number of benzene rings is 1. The molecule has 1 aliphatic rings. The molecule has 0 radical (unpaired) electrons. The zero-order chi connectivity index (χ0) is 16.6. The van der Waals surface area contributed by atoms with E-state index < -0.39 is 24.8 Å². The lowest BCUT2D eigenvalue weighted by molar-refractivity contribution is -0.144. The molecular weight excluding hydrogens is 309 g/mol. The van der Waals surface area contributed by atoms with Crippen molar-refractivity contribution < 1.29 is 18.0 Å². The quantitative estimate of drug-likeness (QED) is 0.944. The minimum absolute atomic E-state index is 0.225. The van der Waals surface area contributed by atoms with E-state index in [2.05, 4.69) is 10.3 Å². The highest BCUT2D eigenvalue weighted by atomic mass is 19.4. The highest BCUT2D eigenvalue weighted by Gasteiger charge is 2.41. The van der Waals surface area contributed by atoms with E-state index in [1.165, 1.54) is 12.3 Å². The summed E-state index contributed by atoms with van der Waals surface area (Å²) in [5.74, 6) is -0.285. The Morgan fingerprint density at radius 1 is 1.30 bits per heavy atom. The van der Waals surface area contributed by atoms with Crippen LogP contribution in [0.15, 0.2) is 36.7 Å². The minimum Gasteiger partial charge on any atom is -0.358 e. The number of carbonyl (C=O) groups excluding carboxylic acids is 1. The number of nitrogens with zero attached hydrogens (tertiary/aromatic N) is 3. The second-order valence-corrected chi connectivity index (χ2v) is 5.21. The number of nitrogens with one attached hydrogen (secondary N) is 1. The van der Waals surface area contributed by atoms with E-state index in [1.807, 2.05) is 6.92 Å². The molecule has 8 heteroatoms. The number of hydrogen-bond acceptors (Lipinski definition) is 3. The molecule has 23 heavy (non-hydrogen) atoms. The Balaban J connectivity index is 2.06. The third-order valence-electron chi connectivity index (χ3n) is 3.70. The zero-order valence-corrected chi connectivity index (χ0v) is 12.3. The molecule has 5 nitrogen and oxygen atoms in total. The van der Waals surface area contributed by atoms with Crippen molar-refractivity contribution in [3.05, 3.63) is 48.0 Å². The standard InChI is InChI=1S/C15H15F3N4O/c1-2-21-8-7-19-12(21)13-20-11-6-4-3-5-10(11)14(23)22(13)9-15(16,17)18/h3-8,13,20H,2,9H2,1H3/t13-/m0/s1. The molecule has 1 amide bonds. The molecule has 0 unspecified atom stereocenters. The van der Waals surface area contributed by atoms with Gasteiger partial charge >= 0.3 is 6.18 Å². The largest absolute Gasteiger partial charge is 0.406 e. The number of imidazole rings is 1. The van der Waals surface area contributed by atoms with Gasteiger partial charge in [-0.3, -0.25) is 4.79 Å². The smallest absolute Gasteiger partial charge is 0.358 e.